The van der Waals surface area contributed by atoms with Crippen molar-refractivity contribution in [3.8, 4) is 0 Å². The Morgan fingerprint density at radius 3 is 2.79 bits per heavy atom. The zero-order chi connectivity index (χ0) is 19.1. The van der Waals surface area contributed by atoms with Crippen LogP contribution >= 0.6 is 11.3 Å². The number of guanidine groups is 1. The van der Waals surface area contributed by atoms with Gasteiger partial charge in [0.1, 0.15) is 5.78 Å². The Bertz CT molecular complexity index is 1080. The van der Waals surface area contributed by atoms with Crippen molar-refractivity contribution >= 4 is 38.4 Å². The molecular weight excluding hydrogens is 368 g/mol. The molecule has 2 aliphatic rings. The van der Waals surface area contributed by atoms with Crippen molar-refractivity contribution in [3.63, 3.8) is 0 Å². The number of ketones is 1. The summed E-state index contributed by atoms with van der Waals surface area (Å²) in [6.07, 6.45) is 3.48. The lowest BCUT2D eigenvalue weighted by Gasteiger charge is -2.34. The van der Waals surface area contributed by atoms with Crippen molar-refractivity contribution in [1.29, 1.82) is 0 Å². The highest BCUT2D eigenvalue weighted by Gasteiger charge is 2.38. The van der Waals surface area contributed by atoms with Gasteiger partial charge in [-0.3, -0.25) is 4.79 Å². The summed E-state index contributed by atoms with van der Waals surface area (Å²) in [5.74, 6) is 0.651. The van der Waals surface area contributed by atoms with E-state index in [0.717, 1.165) is 33.0 Å². The van der Waals surface area contributed by atoms with Crippen LogP contribution in [0.25, 0.3) is 10.2 Å². The molecule has 0 spiro atoms. The Morgan fingerprint density at radius 2 is 1.96 bits per heavy atom. The van der Waals surface area contributed by atoms with E-state index in [0.29, 0.717) is 12.4 Å². The Kier molecular flexibility index (Phi) is 4.20. The molecule has 140 valence electrons. The number of carbonyl (C=O) groups is 1. The molecule has 2 aromatic carbocycles. The minimum absolute atomic E-state index is 0.224. The van der Waals surface area contributed by atoms with Gasteiger partial charge in [0.05, 0.1) is 22.2 Å². The van der Waals surface area contributed by atoms with Crippen LogP contribution in [0.1, 0.15) is 30.0 Å². The maximum atomic E-state index is 12.7. The molecular formula is C22H20N4OS. The van der Waals surface area contributed by atoms with E-state index >= 15 is 0 Å². The second kappa shape index (κ2) is 6.87. The Morgan fingerprint density at radius 1 is 1.14 bits per heavy atom. The van der Waals surface area contributed by atoms with Gasteiger partial charge < -0.3 is 10.6 Å². The van der Waals surface area contributed by atoms with Gasteiger partial charge in [0.15, 0.2) is 5.13 Å². The predicted octanol–water partition coefficient (Wildman–Crippen LogP) is 4.58. The summed E-state index contributed by atoms with van der Waals surface area (Å²) in [6, 6.07) is 16.1. The maximum Gasteiger partial charge on any atom is 0.202 e. The van der Waals surface area contributed by atoms with Crippen molar-refractivity contribution in [2.24, 2.45) is 10.9 Å². The molecule has 0 unspecified atom stereocenters. The third-order valence-electron chi connectivity index (χ3n) is 5.22. The number of aromatic nitrogens is 1. The van der Waals surface area contributed by atoms with E-state index in [4.69, 9.17) is 4.99 Å². The molecule has 0 amide bonds. The van der Waals surface area contributed by atoms with Crippen LogP contribution in [-0.2, 0) is 4.79 Å². The van der Waals surface area contributed by atoms with Gasteiger partial charge in [0, 0.05) is 12.1 Å². The van der Waals surface area contributed by atoms with Gasteiger partial charge in [0.25, 0.3) is 0 Å². The third-order valence-corrected chi connectivity index (χ3v) is 6.17. The number of thiazole rings is 1. The van der Waals surface area contributed by atoms with E-state index in [9.17, 15) is 4.79 Å². The van der Waals surface area contributed by atoms with Crippen LogP contribution in [0.2, 0.25) is 0 Å². The van der Waals surface area contributed by atoms with Crippen LogP contribution in [0.15, 0.2) is 65.3 Å². The fraction of sp³-hybridized carbons (Fsp3) is 0.227. The number of para-hydroxylation sites is 1. The van der Waals surface area contributed by atoms with Crippen LogP contribution < -0.4 is 10.6 Å². The summed E-state index contributed by atoms with van der Waals surface area (Å²) >= 11 is 1.59. The van der Waals surface area contributed by atoms with Gasteiger partial charge in [-0.2, -0.15) is 0 Å². The highest BCUT2D eigenvalue weighted by molar-refractivity contribution is 7.22. The molecule has 0 saturated heterocycles. The molecule has 5 rings (SSSR count). The number of carbonyl (C=O) groups excluding carboxylic acids is 1. The maximum absolute atomic E-state index is 12.7. The lowest BCUT2D eigenvalue weighted by molar-refractivity contribution is -0.122. The molecule has 0 bridgehead atoms. The highest BCUT2D eigenvalue weighted by atomic mass is 32.1. The van der Waals surface area contributed by atoms with Crippen LogP contribution in [0, 0.1) is 12.8 Å². The van der Waals surface area contributed by atoms with E-state index in [2.05, 4.69) is 58.9 Å². The number of hydrogen-bond donors (Lipinski definition) is 2. The molecule has 6 heteroatoms. The number of anilines is 1. The molecule has 2 heterocycles. The smallest absolute Gasteiger partial charge is 0.202 e. The van der Waals surface area contributed by atoms with E-state index in [1.807, 2.05) is 18.2 Å². The van der Waals surface area contributed by atoms with Gasteiger partial charge in [-0.1, -0.05) is 59.4 Å². The quantitative estimate of drug-likeness (QED) is 0.674. The van der Waals surface area contributed by atoms with Crippen molar-refractivity contribution in [2.75, 3.05) is 5.32 Å². The molecule has 1 aliphatic heterocycles. The largest absolute Gasteiger partial charge is 0.329 e. The monoisotopic (exact) mass is 388 g/mol. The number of nitrogens with one attached hydrogen (secondary N) is 2. The number of fused-ring (bicyclic) bond motifs is 2. The number of aryl methyl sites for hydroxylation is 1. The molecule has 0 radical (unpaired) electrons. The Balaban J connectivity index is 1.52. The topological polar surface area (TPSA) is 66.4 Å². The first kappa shape index (κ1) is 17.1. The van der Waals surface area contributed by atoms with E-state index in [1.54, 1.807) is 11.3 Å². The lowest BCUT2D eigenvalue weighted by atomic mass is 9.81. The van der Waals surface area contributed by atoms with Crippen LogP contribution in [0.5, 0.6) is 0 Å². The first-order valence-corrected chi connectivity index (χ1v) is 10.3. The highest BCUT2D eigenvalue weighted by Crippen LogP contribution is 2.38. The number of benzene rings is 2. The number of allylic oxidation sites excluding steroid dienone is 1. The molecule has 1 aliphatic carbocycles. The zero-order valence-electron chi connectivity index (χ0n) is 15.5. The van der Waals surface area contributed by atoms with Gasteiger partial charge in [-0.05, 0) is 31.0 Å². The molecule has 5 nitrogen and oxygen atoms in total. The van der Waals surface area contributed by atoms with E-state index < -0.39 is 0 Å². The van der Waals surface area contributed by atoms with Crippen molar-refractivity contribution in [2.45, 2.75) is 25.8 Å². The Labute approximate surface area is 167 Å². The average Bonchev–Trinajstić information content (AvgIpc) is 3.10. The van der Waals surface area contributed by atoms with Crippen molar-refractivity contribution < 1.29 is 4.79 Å². The summed E-state index contributed by atoms with van der Waals surface area (Å²) in [5, 5.41) is 7.45. The summed E-state index contributed by atoms with van der Waals surface area (Å²) < 4.78 is 1.13. The van der Waals surface area contributed by atoms with Crippen LogP contribution in [0.4, 0.5) is 5.13 Å². The number of nitrogens with zero attached hydrogens (tertiary/aromatic N) is 2. The minimum Gasteiger partial charge on any atom is -0.329 e. The average molecular weight is 388 g/mol. The second-order valence-corrected chi connectivity index (χ2v) is 8.24. The zero-order valence-corrected chi connectivity index (χ0v) is 16.3. The first-order chi connectivity index (χ1) is 13.7. The molecule has 2 atom stereocenters. The van der Waals surface area contributed by atoms with Gasteiger partial charge >= 0.3 is 0 Å². The third kappa shape index (κ3) is 3.10. The van der Waals surface area contributed by atoms with E-state index in [1.165, 1.54) is 5.56 Å². The predicted molar refractivity (Wildman–Crippen MR) is 114 cm³/mol. The molecule has 0 fully saturated rings. The van der Waals surface area contributed by atoms with Crippen LogP contribution in [0.3, 0.4) is 0 Å². The fourth-order valence-electron chi connectivity index (χ4n) is 3.80. The second-order valence-electron chi connectivity index (χ2n) is 7.21. The fourth-order valence-corrected chi connectivity index (χ4v) is 4.67. The molecule has 3 aromatic rings. The normalized spacial score (nSPS) is 21.5. The molecule has 28 heavy (non-hydrogen) atoms. The summed E-state index contributed by atoms with van der Waals surface area (Å²) in [6.45, 7) is 2.06. The van der Waals surface area contributed by atoms with Gasteiger partial charge in [0.2, 0.25) is 5.96 Å². The van der Waals surface area contributed by atoms with E-state index in [-0.39, 0.29) is 17.7 Å². The number of rotatable bonds is 2. The molecule has 0 saturated carbocycles. The number of aliphatic imine (C=N–C) groups is 1. The summed E-state index contributed by atoms with van der Waals surface area (Å²) in [7, 11) is 0. The summed E-state index contributed by atoms with van der Waals surface area (Å²) in [4.78, 5) is 22.2. The molecule has 1 aromatic heterocycles. The van der Waals surface area contributed by atoms with Crippen molar-refractivity contribution in [1.82, 2.24) is 10.3 Å². The number of Topliss-reactive ketones (excluding diaryl/α,β-unsaturated/α-hetero) is 1. The SMILES string of the molecule is Cc1ccc([C@@H]2N=C(Nc3nc4ccccc4s3)NC3=CCCC(=O)[C@H]32)cc1. The summed E-state index contributed by atoms with van der Waals surface area (Å²) in [5.41, 5.74) is 4.16. The Hall–Kier alpha value is -2.99. The minimum atomic E-state index is -0.239. The van der Waals surface area contributed by atoms with Gasteiger partial charge in [-0.15, -0.1) is 0 Å². The molecule has 2 N–H and O–H groups in total. The van der Waals surface area contributed by atoms with Crippen molar-refractivity contribution in [3.05, 3.63) is 71.4 Å². The lowest BCUT2D eigenvalue weighted by Crippen LogP contribution is -2.43. The van der Waals surface area contributed by atoms with Gasteiger partial charge in [-0.25, -0.2) is 9.98 Å². The van der Waals surface area contributed by atoms with Crippen LogP contribution in [-0.4, -0.2) is 16.7 Å². The first-order valence-electron chi connectivity index (χ1n) is 9.44. The standard InChI is InChI=1S/C22H20N4OS/c1-13-9-11-14(12-10-13)20-19-16(6-4-7-17(19)27)23-21(25-20)26-22-24-15-5-2-3-8-18(15)28-22/h2-3,5-6,8-12,19-20H,4,7H2,1H3,(H2,23,24,25,26)/t19-,20-/m0/s1. The number of hydrogen-bond acceptors (Lipinski definition) is 6.